The second-order valence-corrected chi connectivity index (χ2v) is 5.03. The van der Waals surface area contributed by atoms with Crippen molar-refractivity contribution < 1.29 is 14.6 Å². The van der Waals surface area contributed by atoms with Crippen molar-refractivity contribution >= 4 is 17.4 Å². The number of anilines is 1. The first-order chi connectivity index (χ1) is 10.7. The summed E-state index contributed by atoms with van der Waals surface area (Å²) < 4.78 is 5.24. The number of hydrazone groups is 1. The van der Waals surface area contributed by atoms with Gasteiger partial charge in [-0.15, -0.1) is 0 Å². The molecule has 0 bridgehead atoms. The Kier molecular flexibility index (Phi) is 3.78. The average Bonchev–Trinajstić information content (AvgIpc) is 3.01. The number of hydrogen-bond donors (Lipinski definition) is 1. The SMILES string of the molecule is COc1cccc(N2N=C(C(=O)O)C[C@@H]2c2ccccc2)c1. The van der Waals surface area contributed by atoms with E-state index in [0.717, 1.165) is 11.3 Å². The van der Waals surface area contributed by atoms with Crippen LogP contribution in [0.1, 0.15) is 18.0 Å². The van der Waals surface area contributed by atoms with Crippen molar-refractivity contribution in [2.45, 2.75) is 12.5 Å². The lowest BCUT2D eigenvalue weighted by molar-refractivity contribution is -0.129. The second-order valence-electron chi connectivity index (χ2n) is 5.03. The van der Waals surface area contributed by atoms with Crippen LogP contribution in [0.4, 0.5) is 5.69 Å². The number of carboxylic acids is 1. The monoisotopic (exact) mass is 296 g/mol. The third-order valence-electron chi connectivity index (χ3n) is 3.66. The molecule has 5 nitrogen and oxygen atoms in total. The number of carboxylic acid groups (broad SMARTS) is 1. The van der Waals surface area contributed by atoms with Crippen molar-refractivity contribution in [2.75, 3.05) is 12.1 Å². The number of benzene rings is 2. The molecule has 112 valence electrons. The molecule has 22 heavy (non-hydrogen) atoms. The van der Waals surface area contributed by atoms with E-state index >= 15 is 0 Å². The van der Waals surface area contributed by atoms with Crippen LogP contribution in [-0.4, -0.2) is 23.9 Å². The average molecular weight is 296 g/mol. The van der Waals surface area contributed by atoms with Crippen LogP contribution in [0.25, 0.3) is 0 Å². The fraction of sp³-hybridized carbons (Fsp3) is 0.176. The van der Waals surface area contributed by atoms with Gasteiger partial charge in [-0.1, -0.05) is 36.4 Å². The van der Waals surface area contributed by atoms with Crippen molar-refractivity contribution in [1.29, 1.82) is 0 Å². The van der Waals surface area contributed by atoms with E-state index in [4.69, 9.17) is 4.74 Å². The Labute approximate surface area is 128 Å². The summed E-state index contributed by atoms with van der Waals surface area (Å²) in [4.78, 5) is 11.3. The number of hydrogen-bond acceptors (Lipinski definition) is 4. The largest absolute Gasteiger partial charge is 0.497 e. The molecule has 0 aliphatic carbocycles. The van der Waals surface area contributed by atoms with Crippen LogP contribution in [0, 0.1) is 0 Å². The van der Waals surface area contributed by atoms with Gasteiger partial charge in [0.2, 0.25) is 0 Å². The number of methoxy groups -OCH3 is 1. The molecule has 0 saturated heterocycles. The van der Waals surface area contributed by atoms with Crippen molar-refractivity contribution in [3.05, 3.63) is 60.2 Å². The predicted octanol–water partition coefficient (Wildman–Crippen LogP) is 3.09. The molecule has 0 aromatic heterocycles. The zero-order valence-electron chi connectivity index (χ0n) is 12.1. The highest BCUT2D eigenvalue weighted by molar-refractivity contribution is 6.36. The van der Waals surface area contributed by atoms with E-state index in [2.05, 4.69) is 5.10 Å². The molecule has 0 saturated carbocycles. The molecule has 2 aromatic carbocycles. The lowest BCUT2D eigenvalue weighted by atomic mass is 10.0. The predicted molar refractivity (Wildman–Crippen MR) is 84.3 cm³/mol. The van der Waals surface area contributed by atoms with Gasteiger partial charge in [0, 0.05) is 12.5 Å². The number of carbonyl (C=O) groups is 1. The van der Waals surface area contributed by atoms with Crippen LogP contribution < -0.4 is 9.75 Å². The first-order valence-electron chi connectivity index (χ1n) is 6.98. The molecule has 0 radical (unpaired) electrons. The van der Waals surface area contributed by atoms with E-state index in [9.17, 15) is 9.90 Å². The van der Waals surface area contributed by atoms with E-state index in [1.54, 1.807) is 12.1 Å². The minimum absolute atomic E-state index is 0.126. The molecule has 0 amide bonds. The maximum Gasteiger partial charge on any atom is 0.352 e. The van der Waals surface area contributed by atoms with Gasteiger partial charge in [0.1, 0.15) is 11.5 Å². The first-order valence-corrected chi connectivity index (χ1v) is 6.98. The zero-order valence-corrected chi connectivity index (χ0v) is 12.1. The van der Waals surface area contributed by atoms with Gasteiger partial charge in [-0.05, 0) is 17.7 Å². The van der Waals surface area contributed by atoms with Crippen molar-refractivity contribution in [3.8, 4) is 5.75 Å². The van der Waals surface area contributed by atoms with Gasteiger partial charge in [-0.25, -0.2) is 4.79 Å². The van der Waals surface area contributed by atoms with Gasteiger partial charge in [0.15, 0.2) is 0 Å². The summed E-state index contributed by atoms with van der Waals surface area (Å²) in [6.45, 7) is 0. The fourth-order valence-electron chi connectivity index (χ4n) is 2.57. The van der Waals surface area contributed by atoms with Crippen LogP contribution in [0.15, 0.2) is 59.7 Å². The Morgan fingerprint density at radius 1 is 1.23 bits per heavy atom. The molecule has 1 aliphatic rings. The molecule has 1 N–H and O–H groups in total. The summed E-state index contributed by atoms with van der Waals surface area (Å²) in [6.07, 6.45) is 0.372. The zero-order chi connectivity index (χ0) is 15.5. The quantitative estimate of drug-likeness (QED) is 0.941. The third-order valence-corrected chi connectivity index (χ3v) is 3.66. The van der Waals surface area contributed by atoms with E-state index < -0.39 is 5.97 Å². The normalized spacial score (nSPS) is 17.2. The number of ether oxygens (including phenoxy) is 1. The lowest BCUT2D eigenvalue weighted by Gasteiger charge is -2.24. The Hall–Kier alpha value is -2.82. The van der Waals surface area contributed by atoms with Crippen LogP contribution in [0.3, 0.4) is 0 Å². The van der Waals surface area contributed by atoms with Crippen LogP contribution in [0.2, 0.25) is 0 Å². The van der Waals surface area contributed by atoms with Gasteiger partial charge >= 0.3 is 5.97 Å². The molecule has 1 atom stereocenters. The number of nitrogens with zero attached hydrogens (tertiary/aromatic N) is 2. The topological polar surface area (TPSA) is 62.1 Å². The Morgan fingerprint density at radius 3 is 2.68 bits per heavy atom. The molecular weight excluding hydrogens is 280 g/mol. The smallest absolute Gasteiger partial charge is 0.352 e. The number of aliphatic carboxylic acids is 1. The summed E-state index contributed by atoms with van der Waals surface area (Å²) >= 11 is 0. The maximum atomic E-state index is 11.3. The Bertz CT molecular complexity index is 713. The molecular formula is C17H16N2O3. The Morgan fingerprint density at radius 2 is 2.00 bits per heavy atom. The first kappa shape index (κ1) is 14.1. The molecule has 5 heteroatoms. The summed E-state index contributed by atoms with van der Waals surface area (Å²) in [7, 11) is 1.60. The molecule has 0 fully saturated rings. The van der Waals surface area contributed by atoms with E-state index in [1.807, 2.05) is 54.6 Å². The maximum absolute atomic E-state index is 11.3. The lowest BCUT2D eigenvalue weighted by Crippen LogP contribution is -2.18. The summed E-state index contributed by atoms with van der Waals surface area (Å²) in [5.41, 5.74) is 2.01. The van der Waals surface area contributed by atoms with Gasteiger partial charge in [-0.3, -0.25) is 5.01 Å². The third kappa shape index (κ3) is 2.65. The minimum atomic E-state index is -0.980. The van der Waals surface area contributed by atoms with Gasteiger partial charge in [0.05, 0.1) is 18.8 Å². The molecule has 0 spiro atoms. The minimum Gasteiger partial charge on any atom is -0.497 e. The molecule has 1 heterocycles. The Balaban J connectivity index is 2.01. The second kappa shape index (κ2) is 5.89. The molecule has 0 unspecified atom stereocenters. The highest BCUT2D eigenvalue weighted by Gasteiger charge is 2.32. The summed E-state index contributed by atoms with van der Waals surface area (Å²) in [6, 6.07) is 17.1. The van der Waals surface area contributed by atoms with E-state index in [0.29, 0.717) is 12.2 Å². The van der Waals surface area contributed by atoms with Crippen LogP contribution in [-0.2, 0) is 4.79 Å². The molecule has 2 aromatic rings. The standard InChI is InChI=1S/C17H16N2O3/c1-22-14-9-5-8-13(10-14)19-16(11-15(18-19)17(20)21)12-6-3-2-4-7-12/h2-10,16H,11H2,1H3,(H,20,21)/t16-/m1/s1. The summed E-state index contributed by atoms with van der Waals surface area (Å²) in [5, 5.41) is 15.3. The van der Waals surface area contributed by atoms with Crippen molar-refractivity contribution in [2.24, 2.45) is 5.10 Å². The van der Waals surface area contributed by atoms with Crippen LogP contribution in [0.5, 0.6) is 5.75 Å². The van der Waals surface area contributed by atoms with Crippen molar-refractivity contribution in [3.63, 3.8) is 0 Å². The van der Waals surface area contributed by atoms with Crippen LogP contribution >= 0.6 is 0 Å². The van der Waals surface area contributed by atoms with Gasteiger partial charge in [-0.2, -0.15) is 5.10 Å². The highest BCUT2D eigenvalue weighted by atomic mass is 16.5. The highest BCUT2D eigenvalue weighted by Crippen LogP contribution is 2.36. The number of rotatable bonds is 4. The van der Waals surface area contributed by atoms with Crippen molar-refractivity contribution in [1.82, 2.24) is 0 Å². The fourth-order valence-corrected chi connectivity index (χ4v) is 2.57. The van der Waals surface area contributed by atoms with Gasteiger partial charge in [0.25, 0.3) is 0 Å². The van der Waals surface area contributed by atoms with E-state index in [-0.39, 0.29) is 11.8 Å². The molecule has 1 aliphatic heterocycles. The molecule has 3 rings (SSSR count). The van der Waals surface area contributed by atoms with Gasteiger partial charge < -0.3 is 9.84 Å². The summed E-state index contributed by atoms with van der Waals surface area (Å²) in [5.74, 6) is -0.269. The van der Waals surface area contributed by atoms with E-state index in [1.165, 1.54) is 0 Å².